The predicted molar refractivity (Wildman–Crippen MR) is 71.4 cm³/mol. The van der Waals surface area contributed by atoms with Gasteiger partial charge in [-0.1, -0.05) is 0 Å². The van der Waals surface area contributed by atoms with Crippen LogP contribution in [0.1, 0.15) is 31.1 Å². The second kappa shape index (κ2) is 6.92. The molecule has 0 unspecified atom stereocenters. The fourth-order valence-corrected chi connectivity index (χ4v) is 1.92. The Kier molecular flexibility index (Phi) is 5.23. The minimum Gasteiger partial charge on any atom is -0.468 e. The first-order valence-corrected chi connectivity index (χ1v) is 6.84. The highest BCUT2D eigenvalue weighted by atomic mass is 16.5. The van der Waals surface area contributed by atoms with E-state index in [0.717, 1.165) is 44.7 Å². The first-order chi connectivity index (χ1) is 8.79. The van der Waals surface area contributed by atoms with E-state index in [1.165, 1.54) is 18.4 Å². The standard InChI is InChI=1S/C14H24N2O2/c1-3-17-9-7-16(2)11-12-6-8-18-14(12)10-15-13-4-5-13/h6,8,13,15H,3-5,7,9-11H2,1-2H3. The van der Waals surface area contributed by atoms with Gasteiger partial charge in [0.1, 0.15) is 5.76 Å². The molecule has 0 radical (unpaired) electrons. The topological polar surface area (TPSA) is 37.6 Å². The molecular formula is C14H24N2O2. The summed E-state index contributed by atoms with van der Waals surface area (Å²) in [6.45, 7) is 6.33. The Morgan fingerprint density at radius 1 is 1.50 bits per heavy atom. The first kappa shape index (κ1) is 13.6. The number of nitrogens with one attached hydrogen (secondary N) is 1. The molecule has 1 heterocycles. The van der Waals surface area contributed by atoms with Crippen molar-refractivity contribution in [1.29, 1.82) is 0 Å². The fourth-order valence-electron chi connectivity index (χ4n) is 1.92. The van der Waals surface area contributed by atoms with Gasteiger partial charge in [-0.05, 0) is 32.9 Å². The van der Waals surface area contributed by atoms with E-state index in [0.29, 0.717) is 0 Å². The minimum atomic E-state index is 0.721. The lowest BCUT2D eigenvalue weighted by atomic mass is 10.2. The summed E-state index contributed by atoms with van der Waals surface area (Å²) in [5.41, 5.74) is 1.28. The molecule has 0 aliphatic heterocycles. The molecule has 102 valence electrons. The average Bonchev–Trinajstić information content (AvgIpc) is 3.08. The zero-order valence-electron chi connectivity index (χ0n) is 11.4. The summed E-state index contributed by atoms with van der Waals surface area (Å²) in [5, 5.41) is 3.49. The molecule has 1 aromatic heterocycles. The van der Waals surface area contributed by atoms with Crippen molar-refractivity contribution in [3.05, 3.63) is 23.7 Å². The molecule has 1 aliphatic carbocycles. The highest BCUT2D eigenvalue weighted by Crippen LogP contribution is 2.20. The van der Waals surface area contributed by atoms with Crippen LogP contribution >= 0.6 is 0 Å². The van der Waals surface area contributed by atoms with Crippen LogP contribution in [0.2, 0.25) is 0 Å². The van der Waals surface area contributed by atoms with Gasteiger partial charge < -0.3 is 14.5 Å². The van der Waals surface area contributed by atoms with E-state index < -0.39 is 0 Å². The van der Waals surface area contributed by atoms with Gasteiger partial charge in [-0.15, -0.1) is 0 Å². The van der Waals surface area contributed by atoms with Crippen molar-refractivity contribution in [2.45, 2.75) is 38.9 Å². The number of nitrogens with zero attached hydrogens (tertiary/aromatic N) is 1. The summed E-state index contributed by atoms with van der Waals surface area (Å²) in [4.78, 5) is 2.27. The van der Waals surface area contributed by atoms with Crippen LogP contribution in [-0.4, -0.2) is 37.7 Å². The van der Waals surface area contributed by atoms with Crippen molar-refractivity contribution in [3.63, 3.8) is 0 Å². The summed E-state index contributed by atoms with van der Waals surface area (Å²) in [6.07, 6.45) is 4.41. The molecule has 1 aromatic rings. The molecule has 4 nitrogen and oxygen atoms in total. The molecule has 0 atom stereocenters. The Balaban J connectivity index is 1.74. The summed E-state index contributed by atoms with van der Waals surface area (Å²) < 4.78 is 10.9. The van der Waals surface area contributed by atoms with Gasteiger partial charge in [-0.3, -0.25) is 4.90 Å². The van der Waals surface area contributed by atoms with E-state index >= 15 is 0 Å². The Labute approximate surface area is 109 Å². The lowest BCUT2D eigenvalue weighted by Gasteiger charge is -2.16. The average molecular weight is 252 g/mol. The molecule has 4 heteroatoms. The van der Waals surface area contributed by atoms with Crippen LogP contribution in [-0.2, 0) is 17.8 Å². The molecular weight excluding hydrogens is 228 g/mol. The number of ether oxygens (including phenoxy) is 1. The van der Waals surface area contributed by atoms with Crippen LogP contribution in [0, 0.1) is 0 Å². The molecule has 2 rings (SSSR count). The van der Waals surface area contributed by atoms with E-state index in [1.54, 1.807) is 6.26 Å². The van der Waals surface area contributed by atoms with Gasteiger partial charge in [0, 0.05) is 31.3 Å². The highest BCUT2D eigenvalue weighted by molar-refractivity contribution is 5.17. The van der Waals surface area contributed by atoms with E-state index in [2.05, 4.69) is 23.3 Å². The summed E-state index contributed by atoms with van der Waals surface area (Å²) in [6, 6.07) is 2.79. The van der Waals surface area contributed by atoms with Crippen molar-refractivity contribution in [2.75, 3.05) is 26.8 Å². The Bertz CT molecular complexity index is 347. The van der Waals surface area contributed by atoms with E-state index in [9.17, 15) is 0 Å². The minimum absolute atomic E-state index is 0.721. The van der Waals surface area contributed by atoms with Gasteiger partial charge in [-0.2, -0.15) is 0 Å². The van der Waals surface area contributed by atoms with E-state index in [4.69, 9.17) is 9.15 Å². The maximum atomic E-state index is 5.55. The van der Waals surface area contributed by atoms with Gasteiger partial charge in [0.25, 0.3) is 0 Å². The lowest BCUT2D eigenvalue weighted by Crippen LogP contribution is -2.24. The molecule has 0 amide bonds. The fraction of sp³-hybridized carbons (Fsp3) is 0.714. The molecule has 1 fully saturated rings. The largest absolute Gasteiger partial charge is 0.468 e. The van der Waals surface area contributed by atoms with Gasteiger partial charge >= 0.3 is 0 Å². The summed E-state index contributed by atoms with van der Waals surface area (Å²) >= 11 is 0. The summed E-state index contributed by atoms with van der Waals surface area (Å²) in [7, 11) is 2.12. The monoisotopic (exact) mass is 252 g/mol. The zero-order chi connectivity index (χ0) is 12.8. The summed E-state index contributed by atoms with van der Waals surface area (Å²) in [5.74, 6) is 1.07. The Morgan fingerprint density at radius 2 is 2.33 bits per heavy atom. The van der Waals surface area contributed by atoms with E-state index in [1.807, 2.05) is 6.92 Å². The molecule has 0 spiro atoms. The highest BCUT2D eigenvalue weighted by Gasteiger charge is 2.21. The second-order valence-electron chi connectivity index (χ2n) is 4.96. The first-order valence-electron chi connectivity index (χ1n) is 6.84. The maximum Gasteiger partial charge on any atom is 0.122 e. The number of hydrogen-bond acceptors (Lipinski definition) is 4. The van der Waals surface area contributed by atoms with Gasteiger partial charge in [0.05, 0.1) is 19.4 Å². The van der Waals surface area contributed by atoms with Gasteiger partial charge in [0.2, 0.25) is 0 Å². The van der Waals surface area contributed by atoms with Crippen molar-refractivity contribution >= 4 is 0 Å². The maximum absolute atomic E-state index is 5.55. The number of hydrogen-bond donors (Lipinski definition) is 1. The zero-order valence-corrected chi connectivity index (χ0v) is 11.4. The predicted octanol–water partition coefficient (Wildman–Crippen LogP) is 2.00. The second-order valence-corrected chi connectivity index (χ2v) is 4.96. The van der Waals surface area contributed by atoms with Crippen LogP contribution in [0.5, 0.6) is 0 Å². The Morgan fingerprint density at radius 3 is 3.06 bits per heavy atom. The molecule has 1 N–H and O–H groups in total. The van der Waals surface area contributed by atoms with Crippen molar-refractivity contribution in [1.82, 2.24) is 10.2 Å². The normalized spacial score (nSPS) is 15.5. The quantitative estimate of drug-likeness (QED) is 0.682. The number of rotatable bonds is 9. The number of furan rings is 1. The third-order valence-corrected chi connectivity index (χ3v) is 3.23. The molecule has 18 heavy (non-hydrogen) atoms. The molecule has 0 aromatic carbocycles. The third kappa shape index (κ3) is 4.44. The van der Waals surface area contributed by atoms with Crippen molar-refractivity contribution in [3.8, 4) is 0 Å². The lowest BCUT2D eigenvalue weighted by molar-refractivity contribution is 0.120. The molecule has 0 bridgehead atoms. The van der Waals surface area contributed by atoms with Crippen molar-refractivity contribution in [2.24, 2.45) is 0 Å². The third-order valence-electron chi connectivity index (χ3n) is 3.23. The SMILES string of the molecule is CCOCCN(C)Cc1ccoc1CNC1CC1. The van der Waals surface area contributed by atoms with Crippen LogP contribution < -0.4 is 5.32 Å². The van der Waals surface area contributed by atoms with Gasteiger partial charge in [0.15, 0.2) is 0 Å². The molecule has 1 saturated carbocycles. The van der Waals surface area contributed by atoms with Crippen molar-refractivity contribution < 1.29 is 9.15 Å². The molecule has 0 saturated heterocycles. The smallest absolute Gasteiger partial charge is 0.122 e. The number of likely N-dealkylation sites (N-methyl/N-ethyl adjacent to an activating group) is 1. The van der Waals surface area contributed by atoms with E-state index in [-0.39, 0.29) is 0 Å². The van der Waals surface area contributed by atoms with Crippen LogP contribution in [0.4, 0.5) is 0 Å². The van der Waals surface area contributed by atoms with Gasteiger partial charge in [-0.25, -0.2) is 0 Å². The van der Waals surface area contributed by atoms with Crippen LogP contribution in [0.15, 0.2) is 16.7 Å². The van der Waals surface area contributed by atoms with Crippen LogP contribution in [0.25, 0.3) is 0 Å². The Hall–Kier alpha value is -0.840. The van der Waals surface area contributed by atoms with Crippen LogP contribution in [0.3, 0.4) is 0 Å². The molecule has 1 aliphatic rings.